The molecule has 1 saturated heterocycles. The number of hydrogen-bond donors (Lipinski definition) is 3. The van der Waals surface area contributed by atoms with Gasteiger partial charge in [-0.1, -0.05) is 0 Å². The van der Waals surface area contributed by atoms with Gasteiger partial charge in [-0.15, -0.1) is 0 Å². The van der Waals surface area contributed by atoms with Crippen LogP contribution in [0.5, 0.6) is 0 Å². The number of rotatable bonds is 8. The summed E-state index contributed by atoms with van der Waals surface area (Å²) in [5.41, 5.74) is 0.809. The van der Waals surface area contributed by atoms with E-state index in [9.17, 15) is 0 Å². The van der Waals surface area contributed by atoms with E-state index in [1.54, 1.807) is 30.5 Å². The zero-order valence-corrected chi connectivity index (χ0v) is 17.5. The van der Waals surface area contributed by atoms with Crippen molar-refractivity contribution >= 4 is 22.8 Å². The number of nitrogens with zero attached hydrogens (tertiary/aromatic N) is 6. The summed E-state index contributed by atoms with van der Waals surface area (Å²) >= 11 is 0. The molecule has 3 aromatic rings. The van der Waals surface area contributed by atoms with Gasteiger partial charge in [0.1, 0.15) is 17.9 Å². The van der Waals surface area contributed by atoms with Crippen molar-refractivity contribution < 1.29 is 4.42 Å². The molecule has 0 amide bonds. The fraction of sp³-hybridized carbons (Fsp3) is 0.500. The van der Waals surface area contributed by atoms with E-state index in [2.05, 4.69) is 40.9 Å². The Balaban J connectivity index is 1.27. The molecule has 1 atom stereocenters. The van der Waals surface area contributed by atoms with Crippen LogP contribution in [0, 0.1) is 0 Å². The Morgan fingerprint density at radius 2 is 2.10 bits per heavy atom. The maximum atomic E-state index is 5.69. The van der Waals surface area contributed by atoms with Gasteiger partial charge in [-0.05, 0) is 38.1 Å². The number of furan rings is 1. The molecule has 0 saturated carbocycles. The number of aryl methyl sites for hydroxylation is 1. The molecule has 160 valence electrons. The molecule has 0 aliphatic carbocycles. The average Bonchev–Trinajstić information content (AvgIpc) is 3.53. The third-order valence-corrected chi connectivity index (χ3v) is 5.38. The molecule has 30 heavy (non-hydrogen) atoms. The third kappa shape index (κ3) is 4.54. The van der Waals surface area contributed by atoms with Crippen LogP contribution in [0.4, 0.5) is 5.82 Å². The first-order valence-electron chi connectivity index (χ1n) is 10.3. The Kier molecular flexibility index (Phi) is 6.43. The molecule has 1 aliphatic rings. The summed E-state index contributed by atoms with van der Waals surface area (Å²) < 4.78 is 7.43. The van der Waals surface area contributed by atoms with Gasteiger partial charge in [-0.2, -0.15) is 5.10 Å². The lowest BCUT2D eigenvalue weighted by Gasteiger charge is -2.26. The number of fused-ring (bicyclic) bond motifs is 1. The van der Waals surface area contributed by atoms with Crippen molar-refractivity contribution in [2.45, 2.75) is 18.9 Å². The SMILES string of the molecule is CN=C(NCCNc1ncnc2c1cnn2C)NCC(c1ccco1)N1CCCC1. The van der Waals surface area contributed by atoms with Crippen molar-refractivity contribution in [3.8, 4) is 0 Å². The fourth-order valence-corrected chi connectivity index (χ4v) is 3.82. The molecule has 1 aliphatic heterocycles. The normalized spacial score (nSPS) is 16.1. The van der Waals surface area contributed by atoms with Gasteiger partial charge in [0.25, 0.3) is 0 Å². The second-order valence-electron chi connectivity index (χ2n) is 7.31. The van der Waals surface area contributed by atoms with E-state index in [0.717, 1.165) is 48.2 Å². The Morgan fingerprint density at radius 3 is 2.87 bits per heavy atom. The second-order valence-corrected chi connectivity index (χ2v) is 7.31. The molecule has 1 unspecified atom stereocenters. The highest BCUT2D eigenvalue weighted by Crippen LogP contribution is 2.24. The largest absolute Gasteiger partial charge is 0.468 e. The number of nitrogens with one attached hydrogen (secondary N) is 3. The van der Waals surface area contributed by atoms with Crippen LogP contribution in [0.1, 0.15) is 24.6 Å². The van der Waals surface area contributed by atoms with Crippen LogP contribution in [0.15, 0.2) is 40.3 Å². The van der Waals surface area contributed by atoms with E-state index in [1.165, 1.54) is 12.8 Å². The van der Waals surface area contributed by atoms with Crippen LogP contribution in [0.2, 0.25) is 0 Å². The third-order valence-electron chi connectivity index (χ3n) is 5.38. The topological polar surface area (TPSA) is 108 Å². The van der Waals surface area contributed by atoms with Crippen LogP contribution in [0.25, 0.3) is 11.0 Å². The van der Waals surface area contributed by atoms with E-state index in [1.807, 2.05) is 19.2 Å². The van der Waals surface area contributed by atoms with Gasteiger partial charge in [-0.25, -0.2) is 9.97 Å². The van der Waals surface area contributed by atoms with Gasteiger partial charge in [0.05, 0.1) is 23.9 Å². The molecule has 3 N–H and O–H groups in total. The fourth-order valence-electron chi connectivity index (χ4n) is 3.82. The Morgan fingerprint density at radius 1 is 1.23 bits per heavy atom. The van der Waals surface area contributed by atoms with Crippen molar-refractivity contribution in [2.75, 3.05) is 45.1 Å². The van der Waals surface area contributed by atoms with E-state index in [4.69, 9.17) is 4.42 Å². The Bertz CT molecular complexity index is 960. The van der Waals surface area contributed by atoms with E-state index in [0.29, 0.717) is 13.1 Å². The van der Waals surface area contributed by atoms with Gasteiger partial charge in [0.15, 0.2) is 11.6 Å². The van der Waals surface area contributed by atoms with E-state index < -0.39 is 0 Å². The van der Waals surface area contributed by atoms with Crippen LogP contribution in [-0.4, -0.2) is 70.4 Å². The van der Waals surface area contributed by atoms with Crippen LogP contribution >= 0.6 is 0 Å². The first-order valence-corrected chi connectivity index (χ1v) is 10.3. The molecule has 0 aromatic carbocycles. The van der Waals surface area contributed by atoms with E-state index in [-0.39, 0.29) is 6.04 Å². The number of guanidine groups is 1. The van der Waals surface area contributed by atoms with Crippen molar-refractivity contribution in [1.82, 2.24) is 35.3 Å². The molecular formula is C20H29N9O. The first-order chi connectivity index (χ1) is 14.8. The Hall–Kier alpha value is -3.14. The summed E-state index contributed by atoms with van der Waals surface area (Å²) in [7, 11) is 3.65. The van der Waals surface area contributed by atoms with Crippen molar-refractivity contribution in [1.29, 1.82) is 0 Å². The molecule has 1 fully saturated rings. The van der Waals surface area contributed by atoms with Crippen LogP contribution in [-0.2, 0) is 7.05 Å². The van der Waals surface area contributed by atoms with Gasteiger partial charge in [-0.3, -0.25) is 14.6 Å². The highest BCUT2D eigenvalue weighted by Gasteiger charge is 2.25. The monoisotopic (exact) mass is 411 g/mol. The molecule has 0 bridgehead atoms. The van der Waals surface area contributed by atoms with Crippen LogP contribution in [0.3, 0.4) is 0 Å². The molecule has 0 spiro atoms. The molecular weight excluding hydrogens is 382 g/mol. The number of hydrogen-bond acceptors (Lipinski definition) is 7. The second kappa shape index (κ2) is 9.57. The van der Waals surface area contributed by atoms with Crippen molar-refractivity contribution in [3.05, 3.63) is 36.7 Å². The summed E-state index contributed by atoms with van der Waals surface area (Å²) in [5.74, 6) is 2.54. The molecule has 0 radical (unpaired) electrons. The zero-order valence-electron chi connectivity index (χ0n) is 17.5. The minimum atomic E-state index is 0.207. The highest BCUT2D eigenvalue weighted by atomic mass is 16.3. The quantitative estimate of drug-likeness (QED) is 0.290. The number of aliphatic imine (C=N–C) groups is 1. The summed E-state index contributed by atoms with van der Waals surface area (Å²) in [6.45, 7) is 4.33. The zero-order chi connectivity index (χ0) is 20.8. The minimum absolute atomic E-state index is 0.207. The molecule has 4 rings (SSSR count). The summed E-state index contributed by atoms with van der Waals surface area (Å²) in [6.07, 6.45) is 7.54. The number of likely N-dealkylation sites (tertiary alicyclic amines) is 1. The number of aromatic nitrogens is 4. The van der Waals surface area contributed by atoms with Gasteiger partial charge in [0, 0.05) is 33.7 Å². The Labute approximate surface area is 175 Å². The maximum absolute atomic E-state index is 5.69. The summed E-state index contributed by atoms with van der Waals surface area (Å²) in [4.78, 5) is 15.4. The highest BCUT2D eigenvalue weighted by molar-refractivity contribution is 5.86. The number of anilines is 1. The lowest BCUT2D eigenvalue weighted by Crippen LogP contribution is -2.43. The molecule has 10 heteroatoms. The van der Waals surface area contributed by atoms with Crippen molar-refractivity contribution in [2.24, 2.45) is 12.0 Å². The van der Waals surface area contributed by atoms with E-state index >= 15 is 0 Å². The maximum Gasteiger partial charge on any atom is 0.191 e. The van der Waals surface area contributed by atoms with Gasteiger partial charge in [0.2, 0.25) is 0 Å². The lowest BCUT2D eigenvalue weighted by atomic mass is 10.2. The standard InChI is InChI=1S/C20H29N9O/c1-21-20(24-13-16(17-6-5-11-30-17)29-9-3-4-10-29)23-8-7-22-18-15-12-27-28(2)19(15)26-14-25-18/h5-6,11-12,14,16H,3-4,7-10,13H2,1-2H3,(H2,21,23,24)(H,22,25,26). The lowest BCUT2D eigenvalue weighted by molar-refractivity contribution is 0.215. The minimum Gasteiger partial charge on any atom is -0.468 e. The molecule has 3 aromatic heterocycles. The summed E-state index contributed by atoms with van der Waals surface area (Å²) in [6, 6.07) is 4.20. The smallest absolute Gasteiger partial charge is 0.191 e. The first kappa shape index (κ1) is 20.1. The average molecular weight is 412 g/mol. The predicted molar refractivity (Wildman–Crippen MR) is 116 cm³/mol. The van der Waals surface area contributed by atoms with Crippen molar-refractivity contribution in [3.63, 3.8) is 0 Å². The summed E-state index contributed by atoms with van der Waals surface area (Å²) in [5, 5.41) is 15.3. The van der Waals surface area contributed by atoms with Gasteiger partial charge >= 0.3 is 0 Å². The van der Waals surface area contributed by atoms with Gasteiger partial charge < -0.3 is 20.4 Å². The molecule has 10 nitrogen and oxygen atoms in total. The predicted octanol–water partition coefficient (Wildman–Crippen LogP) is 1.37. The molecule has 4 heterocycles. The van der Waals surface area contributed by atoms with Crippen LogP contribution < -0.4 is 16.0 Å².